The molecule has 25 heavy (non-hydrogen) atoms. The molecule has 2 aliphatic rings. The number of rotatable bonds is 5. The second kappa shape index (κ2) is 6.96. The van der Waals surface area contributed by atoms with E-state index in [0.717, 1.165) is 29.7 Å². The van der Waals surface area contributed by atoms with Gasteiger partial charge in [-0.2, -0.15) is 0 Å². The van der Waals surface area contributed by atoms with Crippen LogP contribution in [0.5, 0.6) is 11.5 Å². The Bertz CT molecular complexity index is 771. The van der Waals surface area contributed by atoms with Crippen molar-refractivity contribution >= 4 is 17.5 Å². The van der Waals surface area contributed by atoms with Crippen molar-refractivity contribution in [3.05, 3.63) is 58.6 Å². The Kier molecular flexibility index (Phi) is 4.53. The van der Waals surface area contributed by atoms with Crippen molar-refractivity contribution in [2.24, 2.45) is 5.92 Å². The molecule has 1 saturated carbocycles. The summed E-state index contributed by atoms with van der Waals surface area (Å²) in [5.41, 5.74) is 2.04. The number of ether oxygens (including phenoxy) is 2. The lowest BCUT2D eigenvalue weighted by Crippen LogP contribution is -2.31. The molecule has 130 valence electrons. The summed E-state index contributed by atoms with van der Waals surface area (Å²) >= 11 is 5.97. The molecular formula is C20H20ClNO3. The van der Waals surface area contributed by atoms with Gasteiger partial charge in [0, 0.05) is 5.02 Å². The number of nitrogens with one attached hydrogen (secondary N) is 1. The molecular weight excluding hydrogens is 338 g/mol. The molecule has 0 radical (unpaired) electrons. The zero-order valence-electron chi connectivity index (χ0n) is 13.8. The van der Waals surface area contributed by atoms with Crippen molar-refractivity contribution in [2.45, 2.75) is 25.3 Å². The van der Waals surface area contributed by atoms with Crippen LogP contribution in [0, 0.1) is 5.92 Å². The molecule has 1 heterocycles. The van der Waals surface area contributed by atoms with E-state index in [9.17, 15) is 4.79 Å². The molecule has 0 saturated heterocycles. The number of hydrogen-bond acceptors (Lipinski definition) is 3. The van der Waals surface area contributed by atoms with Crippen molar-refractivity contribution in [3.63, 3.8) is 0 Å². The van der Waals surface area contributed by atoms with E-state index in [2.05, 4.69) is 5.32 Å². The first-order valence-electron chi connectivity index (χ1n) is 8.62. The van der Waals surface area contributed by atoms with Gasteiger partial charge in [0.1, 0.15) is 13.2 Å². The molecule has 5 heteroatoms. The van der Waals surface area contributed by atoms with Crippen molar-refractivity contribution in [2.75, 3.05) is 13.2 Å². The van der Waals surface area contributed by atoms with Gasteiger partial charge in [-0.3, -0.25) is 4.79 Å². The maximum atomic E-state index is 12.6. The predicted octanol–water partition coefficient (Wildman–Crippen LogP) is 3.92. The molecule has 4 rings (SSSR count). The van der Waals surface area contributed by atoms with Crippen LogP contribution in [0.4, 0.5) is 0 Å². The fourth-order valence-corrected chi connectivity index (χ4v) is 3.31. The zero-order chi connectivity index (χ0) is 17.2. The standard InChI is InChI=1S/C20H20ClNO3/c21-16-6-4-15(5-7-16)20(14-2-3-14)22-19(23)12-13-1-8-17-18(11-13)25-10-9-24-17/h1,4-8,11,14,20H,2-3,9-10,12H2,(H,22,23)/t20-/m1/s1. The predicted molar refractivity (Wildman–Crippen MR) is 96.2 cm³/mol. The fourth-order valence-electron chi connectivity index (χ4n) is 3.18. The molecule has 1 aliphatic heterocycles. The van der Waals surface area contributed by atoms with Gasteiger partial charge in [-0.25, -0.2) is 0 Å². The van der Waals surface area contributed by atoms with Crippen LogP contribution in [0.15, 0.2) is 42.5 Å². The normalized spacial score (nSPS) is 17.0. The summed E-state index contributed by atoms with van der Waals surface area (Å²) in [7, 11) is 0. The van der Waals surface area contributed by atoms with Gasteiger partial charge in [-0.1, -0.05) is 29.8 Å². The van der Waals surface area contributed by atoms with Gasteiger partial charge in [-0.05, 0) is 54.2 Å². The number of hydrogen-bond donors (Lipinski definition) is 1. The van der Waals surface area contributed by atoms with Gasteiger partial charge in [0.25, 0.3) is 0 Å². The van der Waals surface area contributed by atoms with Gasteiger partial charge in [0.15, 0.2) is 11.5 Å². The molecule has 1 aliphatic carbocycles. The Morgan fingerprint density at radius 1 is 1.08 bits per heavy atom. The summed E-state index contributed by atoms with van der Waals surface area (Å²) in [4.78, 5) is 12.6. The summed E-state index contributed by atoms with van der Waals surface area (Å²) in [6, 6.07) is 13.5. The van der Waals surface area contributed by atoms with Gasteiger partial charge in [-0.15, -0.1) is 0 Å². The molecule has 1 atom stereocenters. The Hall–Kier alpha value is -2.20. The van der Waals surface area contributed by atoms with Crippen molar-refractivity contribution in [1.82, 2.24) is 5.32 Å². The first-order valence-corrected chi connectivity index (χ1v) is 9.00. The van der Waals surface area contributed by atoms with E-state index in [4.69, 9.17) is 21.1 Å². The molecule has 0 spiro atoms. The molecule has 2 aromatic rings. The molecule has 0 bridgehead atoms. The molecule has 0 unspecified atom stereocenters. The molecule has 0 aromatic heterocycles. The number of benzene rings is 2. The fraction of sp³-hybridized carbons (Fsp3) is 0.350. The highest BCUT2D eigenvalue weighted by Crippen LogP contribution is 2.41. The number of fused-ring (bicyclic) bond motifs is 1. The lowest BCUT2D eigenvalue weighted by atomic mass is 10.0. The van der Waals surface area contributed by atoms with Crippen molar-refractivity contribution in [3.8, 4) is 11.5 Å². The SMILES string of the molecule is O=C(Cc1ccc2c(c1)OCCO2)N[C@@H](c1ccc(Cl)cc1)C1CC1. The van der Waals surface area contributed by atoms with Crippen LogP contribution in [-0.2, 0) is 11.2 Å². The third-order valence-electron chi connectivity index (χ3n) is 4.61. The summed E-state index contributed by atoms with van der Waals surface area (Å²) in [5, 5.41) is 3.90. The van der Waals surface area contributed by atoms with E-state index >= 15 is 0 Å². The Morgan fingerprint density at radius 2 is 1.80 bits per heavy atom. The Morgan fingerprint density at radius 3 is 2.52 bits per heavy atom. The van der Waals surface area contributed by atoms with Crippen LogP contribution in [0.25, 0.3) is 0 Å². The molecule has 4 nitrogen and oxygen atoms in total. The van der Waals surface area contributed by atoms with E-state index in [1.807, 2.05) is 42.5 Å². The third-order valence-corrected chi connectivity index (χ3v) is 4.86. The van der Waals surface area contributed by atoms with E-state index in [1.165, 1.54) is 0 Å². The average Bonchev–Trinajstić information content (AvgIpc) is 3.45. The second-order valence-electron chi connectivity index (χ2n) is 6.59. The molecule has 1 N–H and O–H groups in total. The van der Waals surface area contributed by atoms with Gasteiger partial charge in [0.05, 0.1) is 12.5 Å². The quantitative estimate of drug-likeness (QED) is 0.882. The maximum Gasteiger partial charge on any atom is 0.224 e. The van der Waals surface area contributed by atoms with Crippen LogP contribution in [0.1, 0.15) is 30.0 Å². The number of halogens is 1. The summed E-state index contributed by atoms with van der Waals surface area (Å²) < 4.78 is 11.1. The van der Waals surface area contributed by atoms with E-state index in [-0.39, 0.29) is 11.9 Å². The third kappa shape index (κ3) is 3.90. The Labute approximate surface area is 152 Å². The number of amides is 1. The van der Waals surface area contributed by atoms with E-state index in [1.54, 1.807) is 0 Å². The largest absolute Gasteiger partial charge is 0.486 e. The average molecular weight is 358 g/mol. The number of carbonyl (C=O) groups excluding carboxylic acids is 1. The minimum Gasteiger partial charge on any atom is -0.486 e. The Balaban J connectivity index is 1.44. The van der Waals surface area contributed by atoms with Crippen LogP contribution < -0.4 is 14.8 Å². The zero-order valence-corrected chi connectivity index (χ0v) is 14.6. The highest BCUT2D eigenvalue weighted by Gasteiger charge is 2.33. The van der Waals surface area contributed by atoms with Crippen LogP contribution in [0.2, 0.25) is 5.02 Å². The monoisotopic (exact) mass is 357 g/mol. The lowest BCUT2D eigenvalue weighted by molar-refractivity contribution is -0.121. The second-order valence-corrected chi connectivity index (χ2v) is 7.03. The van der Waals surface area contributed by atoms with Crippen molar-refractivity contribution < 1.29 is 14.3 Å². The molecule has 2 aromatic carbocycles. The molecule has 1 amide bonds. The lowest BCUT2D eigenvalue weighted by Gasteiger charge is -2.20. The summed E-state index contributed by atoms with van der Waals surface area (Å²) in [6.45, 7) is 1.11. The van der Waals surface area contributed by atoms with Gasteiger partial charge >= 0.3 is 0 Å². The van der Waals surface area contributed by atoms with E-state index in [0.29, 0.717) is 36.3 Å². The number of carbonyl (C=O) groups is 1. The van der Waals surface area contributed by atoms with Crippen molar-refractivity contribution in [1.29, 1.82) is 0 Å². The summed E-state index contributed by atoms with van der Waals surface area (Å²) in [6.07, 6.45) is 2.63. The van der Waals surface area contributed by atoms with E-state index < -0.39 is 0 Å². The highest BCUT2D eigenvalue weighted by atomic mass is 35.5. The smallest absolute Gasteiger partial charge is 0.224 e. The topological polar surface area (TPSA) is 47.6 Å². The van der Waals surface area contributed by atoms with Crippen LogP contribution in [0.3, 0.4) is 0 Å². The van der Waals surface area contributed by atoms with Crippen LogP contribution in [-0.4, -0.2) is 19.1 Å². The first kappa shape index (κ1) is 16.3. The highest BCUT2D eigenvalue weighted by molar-refractivity contribution is 6.30. The minimum atomic E-state index is 0.0172. The minimum absolute atomic E-state index is 0.0172. The van der Waals surface area contributed by atoms with Crippen LogP contribution >= 0.6 is 11.6 Å². The first-order chi connectivity index (χ1) is 12.2. The van der Waals surface area contributed by atoms with Gasteiger partial charge in [0.2, 0.25) is 5.91 Å². The summed E-state index contributed by atoms with van der Waals surface area (Å²) in [5.74, 6) is 1.99. The van der Waals surface area contributed by atoms with Gasteiger partial charge < -0.3 is 14.8 Å². The maximum absolute atomic E-state index is 12.6. The molecule has 1 fully saturated rings.